The first-order valence-corrected chi connectivity index (χ1v) is 18.1. The highest BCUT2D eigenvalue weighted by molar-refractivity contribution is 6.74. The Labute approximate surface area is 246 Å². The van der Waals surface area contributed by atoms with Crippen LogP contribution in [0.5, 0.6) is 11.5 Å². The fourth-order valence-corrected chi connectivity index (χ4v) is 6.44. The molecule has 3 aromatic rings. The van der Waals surface area contributed by atoms with E-state index in [0.29, 0.717) is 12.1 Å². The molecule has 1 aromatic heterocycles. The van der Waals surface area contributed by atoms with Gasteiger partial charge in [0.2, 0.25) is 5.56 Å². The maximum atomic E-state index is 12.0. The molecule has 1 aliphatic heterocycles. The molecule has 0 radical (unpaired) electrons. The van der Waals surface area contributed by atoms with E-state index in [0.717, 1.165) is 49.2 Å². The van der Waals surface area contributed by atoms with Crippen LogP contribution in [0.25, 0.3) is 10.9 Å². The van der Waals surface area contributed by atoms with E-state index in [1.165, 1.54) is 44.0 Å². The number of benzene rings is 2. The van der Waals surface area contributed by atoms with E-state index in [2.05, 4.69) is 73.3 Å². The molecule has 0 aliphatic carbocycles. The lowest BCUT2D eigenvalue weighted by molar-refractivity contribution is 0.182. The van der Waals surface area contributed by atoms with Crippen LogP contribution >= 0.6 is 0 Å². The highest BCUT2D eigenvalue weighted by Gasteiger charge is 2.39. The minimum atomic E-state index is -2.11. The second-order valence-electron chi connectivity index (χ2n) is 12.9. The molecule has 41 heavy (non-hydrogen) atoms. The Morgan fingerprint density at radius 1 is 1.02 bits per heavy atom. The third kappa shape index (κ3) is 8.67. The van der Waals surface area contributed by atoms with Gasteiger partial charge in [0.05, 0.1) is 18.2 Å². The molecule has 8 heteroatoms. The highest BCUT2D eigenvalue weighted by atomic mass is 28.4. The molecule has 1 saturated heterocycles. The summed E-state index contributed by atoms with van der Waals surface area (Å²) in [6, 6.07) is 15.3. The Morgan fingerprint density at radius 3 is 2.46 bits per heavy atom. The number of phenolic OH excluding ortho intramolecular Hbond substituents is 1. The van der Waals surface area contributed by atoms with Crippen LogP contribution in [-0.2, 0) is 10.8 Å². The smallest absolute Gasteiger partial charge is 0.248 e. The number of H-pyrrole nitrogens is 1. The molecule has 1 atom stereocenters. The van der Waals surface area contributed by atoms with Crippen LogP contribution in [0.2, 0.25) is 18.1 Å². The number of phenols is 1. The van der Waals surface area contributed by atoms with E-state index in [4.69, 9.17) is 9.16 Å². The quantitative estimate of drug-likeness (QED) is 0.161. The zero-order chi connectivity index (χ0) is 29.5. The lowest BCUT2D eigenvalue weighted by Gasteiger charge is -2.39. The van der Waals surface area contributed by atoms with Gasteiger partial charge in [-0.1, -0.05) is 45.4 Å². The SMILES string of the molecule is CC(C)(C)[Si](C)(C)OC(CNCCc1ccc(OCCCN2CCCCC2)cc1)c1ccc(O)c2[nH]c(=O)ccc12. The molecule has 0 saturated carbocycles. The number of hydrogen-bond donors (Lipinski definition) is 3. The number of ether oxygens (including phenoxy) is 1. The molecule has 1 aliphatic rings. The predicted molar refractivity (Wildman–Crippen MR) is 171 cm³/mol. The van der Waals surface area contributed by atoms with Crippen molar-refractivity contribution in [2.45, 2.75) is 77.1 Å². The minimum absolute atomic E-state index is 0.0453. The Hall–Kier alpha value is -2.65. The molecule has 1 fully saturated rings. The van der Waals surface area contributed by atoms with Gasteiger partial charge < -0.3 is 29.5 Å². The second kappa shape index (κ2) is 14.0. The van der Waals surface area contributed by atoms with Crippen molar-refractivity contribution in [2.75, 3.05) is 39.3 Å². The molecular formula is C33H49N3O4Si. The number of aromatic amines is 1. The number of fused-ring (bicyclic) bond motifs is 1. The summed E-state index contributed by atoms with van der Waals surface area (Å²) in [4.78, 5) is 17.3. The van der Waals surface area contributed by atoms with Gasteiger partial charge in [-0.25, -0.2) is 0 Å². The molecular weight excluding hydrogens is 530 g/mol. The van der Waals surface area contributed by atoms with Crippen molar-refractivity contribution in [3.05, 3.63) is 70.0 Å². The summed E-state index contributed by atoms with van der Waals surface area (Å²) in [5, 5.41) is 14.9. The number of aromatic hydroxyl groups is 1. The van der Waals surface area contributed by atoms with E-state index >= 15 is 0 Å². The molecule has 3 N–H and O–H groups in total. The number of hydrogen-bond acceptors (Lipinski definition) is 6. The summed E-state index contributed by atoms with van der Waals surface area (Å²) in [5.41, 5.74) is 2.44. The van der Waals surface area contributed by atoms with Crippen molar-refractivity contribution in [3.8, 4) is 11.5 Å². The van der Waals surface area contributed by atoms with Gasteiger partial charge in [0.1, 0.15) is 11.5 Å². The molecule has 0 amide bonds. The van der Waals surface area contributed by atoms with Crippen molar-refractivity contribution >= 4 is 19.2 Å². The van der Waals surface area contributed by atoms with Crippen LogP contribution < -0.4 is 15.6 Å². The summed E-state index contributed by atoms with van der Waals surface area (Å²) in [6.07, 6.45) is 5.78. The summed E-state index contributed by atoms with van der Waals surface area (Å²) in [7, 11) is -2.11. The van der Waals surface area contributed by atoms with E-state index in [1.54, 1.807) is 12.1 Å². The Bertz CT molecular complexity index is 1310. The summed E-state index contributed by atoms with van der Waals surface area (Å²) in [5.74, 6) is 0.996. The Kier molecular flexibility index (Phi) is 10.7. The van der Waals surface area contributed by atoms with Crippen molar-refractivity contribution in [3.63, 3.8) is 0 Å². The molecule has 2 heterocycles. The normalized spacial score (nSPS) is 15.7. The molecule has 7 nitrogen and oxygen atoms in total. The number of nitrogens with one attached hydrogen (secondary N) is 2. The first-order chi connectivity index (χ1) is 19.5. The van der Waals surface area contributed by atoms with Crippen LogP contribution in [0.4, 0.5) is 0 Å². The average molecular weight is 580 g/mol. The van der Waals surface area contributed by atoms with E-state index in [1.807, 2.05) is 6.07 Å². The van der Waals surface area contributed by atoms with Crippen molar-refractivity contribution in [1.29, 1.82) is 0 Å². The van der Waals surface area contributed by atoms with Gasteiger partial charge in [0.25, 0.3) is 0 Å². The third-order valence-electron chi connectivity index (χ3n) is 8.68. The maximum absolute atomic E-state index is 12.0. The largest absolute Gasteiger partial charge is 0.506 e. The second-order valence-corrected chi connectivity index (χ2v) is 17.6. The monoisotopic (exact) mass is 579 g/mol. The predicted octanol–water partition coefficient (Wildman–Crippen LogP) is 6.38. The van der Waals surface area contributed by atoms with Crippen molar-refractivity contribution < 1.29 is 14.3 Å². The molecule has 224 valence electrons. The van der Waals surface area contributed by atoms with Gasteiger partial charge in [-0.05, 0) is 98.8 Å². The van der Waals surface area contributed by atoms with Crippen LogP contribution in [0, 0.1) is 0 Å². The number of rotatable bonds is 13. The topological polar surface area (TPSA) is 86.8 Å². The molecule has 2 aromatic carbocycles. The van der Waals surface area contributed by atoms with Crippen LogP contribution in [0.3, 0.4) is 0 Å². The van der Waals surface area contributed by atoms with Crippen molar-refractivity contribution in [1.82, 2.24) is 15.2 Å². The standard InChI is InChI=1S/C33H49N3O4Si/c1-33(2,3)41(4,5)40-30(27-14-16-29(37)32-28(27)15-17-31(38)35-32)24-34-19-18-25-10-12-26(13-11-25)39-23-9-22-36-20-7-6-8-21-36/h10-17,30,34,37H,6-9,18-24H2,1-5H3,(H,35,38). The third-order valence-corrected chi connectivity index (χ3v) is 13.2. The van der Waals surface area contributed by atoms with Gasteiger partial charge in [0, 0.05) is 24.5 Å². The maximum Gasteiger partial charge on any atom is 0.248 e. The number of piperidine rings is 1. The molecule has 1 unspecified atom stereocenters. The highest BCUT2D eigenvalue weighted by Crippen LogP contribution is 2.41. The number of nitrogens with zero attached hydrogens (tertiary/aromatic N) is 1. The van der Waals surface area contributed by atoms with E-state index < -0.39 is 8.32 Å². The number of likely N-dealkylation sites (tertiary alicyclic amines) is 1. The zero-order valence-electron chi connectivity index (χ0n) is 25.6. The molecule has 0 spiro atoms. The van der Waals surface area contributed by atoms with Crippen LogP contribution in [0.15, 0.2) is 53.3 Å². The first-order valence-electron chi connectivity index (χ1n) is 15.2. The summed E-state index contributed by atoms with van der Waals surface area (Å²) < 4.78 is 12.9. The summed E-state index contributed by atoms with van der Waals surface area (Å²) >= 11 is 0. The van der Waals surface area contributed by atoms with E-state index in [-0.39, 0.29) is 22.5 Å². The Morgan fingerprint density at radius 2 is 1.76 bits per heavy atom. The Balaban J connectivity index is 1.33. The summed E-state index contributed by atoms with van der Waals surface area (Å²) in [6.45, 7) is 17.0. The van der Waals surface area contributed by atoms with Crippen LogP contribution in [0.1, 0.15) is 63.7 Å². The van der Waals surface area contributed by atoms with Crippen molar-refractivity contribution in [2.24, 2.45) is 0 Å². The van der Waals surface area contributed by atoms with Gasteiger partial charge in [-0.15, -0.1) is 0 Å². The fourth-order valence-electron chi connectivity index (χ4n) is 5.17. The lowest BCUT2D eigenvalue weighted by atomic mass is 10.0. The van der Waals surface area contributed by atoms with Gasteiger partial charge in [-0.2, -0.15) is 0 Å². The number of pyridine rings is 1. The lowest BCUT2D eigenvalue weighted by Crippen LogP contribution is -2.43. The van der Waals surface area contributed by atoms with Gasteiger partial charge in [-0.3, -0.25) is 4.79 Å². The van der Waals surface area contributed by atoms with Crippen LogP contribution in [-0.4, -0.2) is 62.6 Å². The van der Waals surface area contributed by atoms with E-state index in [9.17, 15) is 9.90 Å². The molecule has 4 rings (SSSR count). The number of aromatic nitrogens is 1. The first kappa shape index (κ1) is 31.3. The van der Waals surface area contributed by atoms with Gasteiger partial charge in [0.15, 0.2) is 8.32 Å². The minimum Gasteiger partial charge on any atom is -0.506 e. The average Bonchev–Trinajstić information content (AvgIpc) is 2.94. The fraction of sp³-hybridized carbons (Fsp3) is 0.545. The zero-order valence-corrected chi connectivity index (χ0v) is 26.6. The van der Waals surface area contributed by atoms with Gasteiger partial charge >= 0.3 is 0 Å². The molecule has 0 bridgehead atoms.